The van der Waals surface area contributed by atoms with Gasteiger partial charge in [0.05, 0.1) is 0 Å². The second-order valence-corrected chi connectivity index (χ2v) is 10.4. The van der Waals surface area contributed by atoms with Gasteiger partial charge >= 0.3 is 0 Å². The standard InChI is InChI=1S/C21H27OP/c1-23(22,17-10-3-2-4-11-17)21-15-16-9-5-6-12-18(16)19-13-7-8-14-20(19)21/h2-4,10-11,16H,5-9,12-15H2,1H3/t16-,23?/m0/s1. The van der Waals surface area contributed by atoms with Gasteiger partial charge in [-0.15, -0.1) is 0 Å². The van der Waals surface area contributed by atoms with E-state index in [4.69, 9.17) is 0 Å². The van der Waals surface area contributed by atoms with Gasteiger partial charge in [-0.25, -0.2) is 0 Å². The first-order chi connectivity index (χ1) is 11.2. The maximum Gasteiger partial charge on any atom is 0.136 e. The van der Waals surface area contributed by atoms with E-state index in [2.05, 4.69) is 12.1 Å². The fourth-order valence-electron chi connectivity index (χ4n) is 4.94. The number of hydrogen-bond donors (Lipinski definition) is 0. The van der Waals surface area contributed by atoms with Crippen molar-refractivity contribution in [2.75, 3.05) is 6.66 Å². The maximum absolute atomic E-state index is 13.8. The monoisotopic (exact) mass is 326 g/mol. The Bertz CT molecular complexity index is 711. The van der Waals surface area contributed by atoms with Crippen molar-refractivity contribution in [3.05, 3.63) is 52.4 Å². The fourth-order valence-corrected chi connectivity index (χ4v) is 7.33. The molecule has 0 bridgehead atoms. The zero-order valence-corrected chi connectivity index (χ0v) is 15.1. The average molecular weight is 326 g/mol. The summed E-state index contributed by atoms with van der Waals surface area (Å²) < 4.78 is 13.8. The Kier molecular flexibility index (Phi) is 4.10. The van der Waals surface area contributed by atoms with Crippen molar-refractivity contribution < 1.29 is 4.57 Å². The molecule has 1 unspecified atom stereocenters. The molecule has 1 aromatic rings. The largest absolute Gasteiger partial charge is 0.314 e. The summed E-state index contributed by atoms with van der Waals surface area (Å²) in [6, 6.07) is 10.2. The number of fused-ring (bicyclic) bond motifs is 2. The van der Waals surface area contributed by atoms with Crippen LogP contribution in [0, 0.1) is 5.92 Å². The maximum atomic E-state index is 13.8. The number of benzene rings is 1. The van der Waals surface area contributed by atoms with E-state index in [1.54, 1.807) is 11.1 Å². The van der Waals surface area contributed by atoms with Gasteiger partial charge in [-0.2, -0.15) is 0 Å². The summed E-state index contributed by atoms with van der Waals surface area (Å²) in [5.41, 5.74) is 4.90. The molecule has 0 aliphatic heterocycles. The average Bonchev–Trinajstić information content (AvgIpc) is 2.62. The molecule has 122 valence electrons. The van der Waals surface area contributed by atoms with Gasteiger partial charge in [0.25, 0.3) is 0 Å². The molecule has 0 aromatic heterocycles. The summed E-state index contributed by atoms with van der Waals surface area (Å²) in [5, 5.41) is 2.38. The fraction of sp³-hybridized carbons (Fsp3) is 0.524. The molecule has 3 aliphatic carbocycles. The summed E-state index contributed by atoms with van der Waals surface area (Å²) >= 11 is 0. The van der Waals surface area contributed by atoms with Crippen molar-refractivity contribution in [1.29, 1.82) is 0 Å². The summed E-state index contributed by atoms with van der Waals surface area (Å²) in [4.78, 5) is 0. The SMILES string of the molecule is CP(=O)(C1=C2CCCCC2=C2CCCC[C@H]2C1)c1ccccc1. The van der Waals surface area contributed by atoms with E-state index in [0.29, 0.717) is 5.92 Å². The van der Waals surface area contributed by atoms with Crippen molar-refractivity contribution >= 4 is 12.4 Å². The minimum absolute atomic E-state index is 0.688. The molecule has 0 saturated heterocycles. The molecule has 2 heteroatoms. The molecule has 23 heavy (non-hydrogen) atoms. The molecule has 0 spiro atoms. The molecular weight excluding hydrogens is 299 g/mol. The van der Waals surface area contributed by atoms with Gasteiger partial charge in [0.1, 0.15) is 7.14 Å². The van der Waals surface area contributed by atoms with E-state index in [0.717, 1.165) is 18.1 Å². The molecular formula is C21H27OP. The van der Waals surface area contributed by atoms with Gasteiger partial charge < -0.3 is 4.57 Å². The van der Waals surface area contributed by atoms with Gasteiger partial charge in [-0.1, -0.05) is 42.3 Å². The van der Waals surface area contributed by atoms with Crippen LogP contribution in [0.1, 0.15) is 57.8 Å². The molecule has 2 atom stereocenters. The van der Waals surface area contributed by atoms with Gasteiger partial charge in [0, 0.05) is 5.30 Å². The van der Waals surface area contributed by atoms with Gasteiger partial charge in [0.15, 0.2) is 0 Å². The van der Waals surface area contributed by atoms with Crippen LogP contribution in [0.25, 0.3) is 0 Å². The second kappa shape index (κ2) is 6.10. The zero-order valence-electron chi connectivity index (χ0n) is 14.2. The molecule has 3 aliphatic rings. The summed E-state index contributed by atoms with van der Waals surface area (Å²) in [6.07, 6.45) is 11.4. The first kappa shape index (κ1) is 15.5. The predicted octanol–water partition coefficient (Wildman–Crippen LogP) is 6.02. The predicted molar refractivity (Wildman–Crippen MR) is 98.7 cm³/mol. The molecule has 4 rings (SSSR count). The van der Waals surface area contributed by atoms with Gasteiger partial charge in [-0.05, 0) is 80.4 Å². The molecule has 0 heterocycles. The Morgan fingerprint density at radius 2 is 1.61 bits per heavy atom. The Labute approximate surface area is 140 Å². The molecule has 2 saturated carbocycles. The van der Waals surface area contributed by atoms with Crippen molar-refractivity contribution in [1.82, 2.24) is 0 Å². The van der Waals surface area contributed by atoms with Crippen LogP contribution in [0.3, 0.4) is 0 Å². The lowest BCUT2D eigenvalue weighted by atomic mass is 9.71. The highest BCUT2D eigenvalue weighted by atomic mass is 31.2. The highest BCUT2D eigenvalue weighted by Crippen LogP contribution is 2.60. The molecule has 1 nitrogen and oxygen atoms in total. The van der Waals surface area contributed by atoms with Crippen LogP contribution in [-0.2, 0) is 4.57 Å². The summed E-state index contributed by atoms with van der Waals surface area (Å²) in [6.45, 7) is 2.02. The van der Waals surface area contributed by atoms with E-state index in [1.807, 2.05) is 24.9 Å². The lowest BCUT2D eigenvalue weighted by Crippen LogP contribution is -2.22. The normalized spacial score (nSPS) is 27.3. The molecule has 0 N–H and O–H groups in total. The van der Waals surface area contributed by atoms with E-state index in [-0.39, 0.29) is 0 Å². The van der Waals surface area contributed by atoms with Gasteiger partial charge in [-0.3, -0.25) is 0 Å². The van der Waals surface area contributed by atoms with Crippen LogP contribution in [0.15, 0.2) is 52.4 Å². The summed E-state index contributed by atoms with van der Waals surface area (Å²) in [5.74, 6) is 0.688. The minimum Gasteiger partial charge on any atom is -0.314 e. The Morgan fingerprint density at radius 1 is 0.913 bits per heavy atom. The van der Waals surface area contributed by atoms with Crippen LogP contribution in [0.4, 0.5) is 0 Å². The van der Waals surface area contributed by atoms with Gasteiger partial charge in [0.2, 0.25) is 0 Å². The van der Waals surface area contributed by atoms with Crippen LogP contribution >= 0.6 is 7.14 Å². The Hall–Kier alpha value is -1.07. The quantitative estimate of drug-likeness (QED) is 0.607. The third-order valence-electron chi connectivity index (χ3n) is 6.15. The highest BCUT2D eigenvalue weighted by Gasteiger charge is 2.37. The lowest BCUT2D eigenvalue weighted by molar-refractivity contribution is 0.433. The van der Waals surface area contributed by atoms with E-state index >= 15 is 0 Å². The van der Waals surface area contributed by atoms with E-state index in [9.17, 15) is 4.57 Å². The Morgan fingerprint density at radius 3 is 2.39 bits per heavy atom. The molecule has 1 aromatic carbocycles. The number of allylic oxidation sites excluding steroid dienone is 4. The Balaban J connectivity index is 1.84. The minimum atomic E-state index is -2.43. The van der Waals surface area contributed by atoms with Crippen LogP contribution in [0.2, 0.25) is 0 Å². The molecule has 0 amide bonds. The third kappa shape index (κ3) is 2.68. The van der Waals surface area contributed by atoms with Crippen LogP contribution in [0.5, 0.6) is 0 Å². The first-order valence-electron chi connectivity index (χ1n) is 9.26. The van der Waals surface area contributed by atoms with Crippen LogP contribution < -0.4 is 5.30 Å². The third-order valence-corrected chi connectivity index (χ3v) is 8.92. The lowest BCUT2D eigenvalue weighted by Gasteiger charge is -2.39. The molecule has 0 radical (unpaired) electrons. The second-order valence-electron chi connectivity index (χ2n) is 7.54. The van der Waals surface area contributed by atoms with Crippen molar-refractivity contribution in [3.63, 3.8) is 0 Å². The number of rotatable bonds is 2. The van der Waals surface area contributed by atoms with Crippen molar-refractivity contribution in [2.24, 2.45) is 5.92 Å². The van der Waals surface area contributed by atoms with E-state index < -0.39 is 7.14 Å². The topological polar surface area (TPSA) is 17.1 Å². The summed E-state index contributed by atoms with van der Waals surface area (Å²) in [7, 11) is -2.43. The molecule has 2 fully saturated rings. The zero-order chi connectivity index (χ0) is 15.9. The number of hydrogen-bond acceptors (Lipinski definition) is 1. The highest BCUT2D eigenvalue weighted by molar-refractivity contribution is 7.74. The van der Waals surface area contributed by atoms with Crippen molar-refractivity contribution in [3.8, 4) is 0 Å². The van der Waals surface area contributed by atoms with Crippen LogP contribution in [-0.4, -0.2) is 6.66 Å². The first-order valence-corrected chi connectivity index (χ1v) is 11.4. The van der Waals surface area contributed by atoms with Crippen molar-refractivity contribution in [2.45, 2.75) is 57.8 Å². The van der Waals surface area contributed by atoms with E-state index in [1.165, 1.54) is 55.8 Å². The smallest absolute Gasteiger partial charge is 0.136 e.